The van der Waals surface area contributed by atoms with Gasteiger partial charge in [0.1, 0.15) is 10.9 Å². The van der Waals surface area contributed by atoms with Crippen LogP contribution in [0.15, 0.2) is 144 Å². The molecule has 0 aliphatic rings. The van der Waals surface area contributed by atoms with Gasteiger partial charge in [-0.05, 0) is 77.9 Å². The molecule has 0 heterocycles. The third kappa shape index (κ3) is 9.36. The molecule has 47 heavy (non-hydrogen) atoms. The van der Waals surface area contributed by atoms with Gasteiger partial charge in [-0.3, -0.25) is 14.4 Å². The Hall–Kier alpha value is -5.31. The molecule has 5 rings (SSSR count). The summed E-state index contributed by atoms with van der Waals surface area (Å²) in [6.45, 7) is 0. The van der Waals surface area contributed by atoms with Gasteiger partial charge >= 0.3 is 0 Å². The summed E-state index contributed by atoms with van der Waals surface area (Å²) >= 11 is 7.49. The lowest BCUT2D eigenvalue weighted by Gasteiger charge is -2.18. The molecular weight excluding hydrogens is 628 g/mol. The fourth-order valence-corrected chi connectivity index (χ4v) is 5.91. The normalized spacial score (nSPS) is 11.7. The zero-order valence-electron chi connectivity index (χ0n) is 25.8. The number of nitrogens with zero attached hydrogens (tertiary/aromatic N) is 1. The molecule has 0 fully saturated rings. The zero-order chi connectivity index (χ0) is 33.2. The van der Waals surface area contributed by atoms with Gasteiger partial charge in [-0.15, -0.1) is 11.8 Å². The number of benzene rings is 5. The molecule has 0 saturated heterocycles. The minimum atomic E-state index is -0.591. The first-order valence-electron chi connectivity index (χ1n) is 14.8. The number of anilines is 3. The van der Waals surface area contributed by atoms with Crippen LogP contribution in [0.25, 0.3) is 6.08 Å². The summed E-state index contributed by atoms with van der Waals surface area (Å²) in [6.07, 6.45) is 1.64. The van der Waals surface area contributed by atoms with E-state index in [-0.39, 0.29) is 11.6 Å². The zero-order valence-corrected chi connectivity index (χ0v) is 27.4. The minimum Gasteiger partial charge on any atom is -0.378 e. The maximum absolute atomic E-state index is 13.7. The van der Waals surface area contributed by atoms with Crippen molar-refractivity contribution in [3.63, 3.8) is 0 Å². The van der Waals surface area contributed by atoms with E-state index in [9.17, 15) is 14.4 Å². The van der Waals surface area contributed by atoms with Crippen LogP contribution in [-0.4, -0.2) is 31.8 Å². The molecule has 9 heteroatoms. The Morgan fingerprint density at radius 1 is 0.723 bits per heavy atom. The van der Waals surface area contributed by atoms with Crippen LogP contribution in [0.2, 0.25) is 5.02 Å². The standard InChI is InChI=1S/C38H33ClN4O3S/c1-43(2)32-21-19-26(20-22-32)23-34(42-36(44)28-13-7-4-8-14-28)37(45)40-31-17-10-18-33(25-31)47-35(27-11-5-3-6-12-27)38(46)41-30-16-9-15-29(39)24-30/h3-25,35H,1-2H3,(H,40,45)(H,41,46)(H,42,44)/b34-23+. The van der Waals surface area contributed by atoms with Crippen LogP contribution in [0.5, 0.6) is 0 Å². The summed E-state index contributed by atoms with van der Waals surface area (Å²) in [7, 11) is 3.90. The monoisotopic (exact) mass is 660 g/mol. The van der Waals surface area contributed by atoms with Crippen molar-refractivity contribution < 1.29 is 14.4 Å². The second kappa shape index (κ2) is 15.8. The van der Waals surface area contributed by atoms with Gasteiger partial charge in [0.2, 0.25) is 5.91 Å². The maximum Gasteiger partial charge on any atom is 0.272 e. The second-order valence-electron chi connectivity index (χ2n) is 10.8. The molecule has 5 aromatic carbocycles. The van der Waals surface area contributed by atoms with E-state index >= 15 is 0 Å². The predicted octanol–water partition coefficient (Wildman–Crippen LogP) is 8.29. The van der Waals surface area contributed by atoms with Crippen molar-refractivity contribution >= 4 is 64.2 Å². The van der Waals surface area contributed by atoms with E-state index < -0.39 is 17.1 Å². The maximum atomic E-state index is 13.7. The van der Waals surface area contributed by atoms with Crippen molar-refractivity contribution in [1.29, 1.82) is 0 Å². The van der Waals surface area contributed by atoms with Crippen LogP contribution in [0.1, 0.15) is 26.7 Å². The van der Waals surface area contributed by atoms with Crippen molar-refractivity contribution in [2.24, 2.45) is 0 Å². The average molecular weight is 661 g/mol. The van der Waals surface area contributed by atoms with Gasteiger partial charge in [-0.1, -0.05) is 84.4 Å². The second-order valence-corrected chi connectivity index (χ2v) is 12.4. The van der Waals surface area contributed by atoms with Crippen molar-refractivity contribution in [3.8, 4) is 0 Å². The summed E-state index contributed by atoms with van der Waals surface area (Å²) < 4.78 is 0. The average Bonchev–Trinajstić information content (AvgIpc) is 3.08. The van der Waals surface area contributed by atoms with Gasteiger partial charge < -0.3 is 20.9 Å². The first kappa shape index (κ1) is 33.1. The lowest BCUT2D eigenvalue weighted by molar-refractivity contribution is -0.116. The molecule has 3 amide bonds. The van der Waals surface area contributed by atoms with Crippen LogP contribution >= 0.6 is 23.4 Å². The summed E-state index contributed by atoms with van der Waals surface area (Å²) in [5.74, 6) is -1.11. The molecular formula is C38H33ClN4O3S. The quantitative estimate of drug-likeness (QED) is 0.0980. The van der Waals surface area contributed by atoms with Crippen LogP contribution in [0, 0.1) is 0 Å². The van der Waals surface area contributed by atoms with E-state index in [0.717, 1.165) is 21.7 Å². The van der Waals surface area contributed by atoms with Gasteiger partial charge in [0.25, 0.3) is 11.8 Å². The molecule has 0 aromatic heterocycles. The third-order valence-corrected chi connectivity index (χ3v) is 8.51. The van der Waals surface area contributed by atoms with Crippen LogP contribution in [0.4, 0.5) is 17.1 Å². The molecule has 236 valence electrons. The van der Waals surface area contributed by atoms with Gasteiger partial charge in [-0.2, -0.15) is 0 Å². The molecule has 1 unspecified atom stereocenters. The van der Waals surface area contributed by atoms with Crippen LogP contribution in [-0.2, 0) is 9.59 Å². The van der Waals surface area contributed by atoms with Gasteiger partial charge in [-0.25, -0.2) is 0 Å². The smallest absolute Gasteiger partial charge is 0.272 e. The first-order valence-corrected chi connectivity index (χ1v) is 16.1. The van der Waals surface area contributed by atoms with Gasteiger partial charge in [0.05, 0.1) is 0 Å². The number of rotatable bonds is 11. The van der Waals surface area contributed by atoms with Crippen molar-refractivity contribution in [1.82, 2.24) is 5.32 Å². The van der Waals surface area contributed by atoms with Gasteiger partial charge in [0, 0.05) is 46.6 Å². The van der Waals surface area contributed by atoms with Crippen molar-refractivity contribution in [2.45, 2.75) is 10.1 Å². The molecule has 0 aliphatic carbocycles. The Bertz CT molecular complexity index is 1880. The number of hydrogen-bond acceptors (Lipinski definition) is 5. The summed E-state index contributed by atoms with van der Waals surface area (Å²) in [6, 6.07) is 40.1. The number of thioether (sulfide) groups is 1. The number of halogens is 1. The Morgan fingerprint density at radius 2 is 1.36 bits per heavy atom. The Labute approximate surface area is 283 Å². The summed E-state index contributed by atoms with van der Waals surface area (Å²) in [5, 5.41) is 8.60. The largest absolute Gasteiger partial charge is 0.378 e. The molecule has 0 bridgehead atoms. The predicted molar refractivity (Wildman–Crippen MR) is 193 cm³/mol. The highest BCUT2D eigenvalue weighted by Crippen LogP contribution is 2.37. The molecule has 0 aliphatic heterocycles. The highest BCUT2D eigenvalue weighted by atomic mass is 35.5. The topological polar surface area (TPSA) is 90.5 Å². The molecule has 3 N–H and O–H groups in total. The molecule has 0 spiro atoms. The number of carbonyl (C=O) groups is 3. The molecule has 0 saturated carbocycles. The SMILES string of the molecule is CN(C)c1ccc(/C=C(/NC(=O)c2ccccc2)C(=O)Nc2cccc(SC(C(=O)Nc3cccc(Cl)c3)c3ccccc3)c2)cc1. The van der Waals surface area contributed by atoms with Crippen LogP contribution < -0.4 is 20.9 Å². The fraction of sp³-hybridized carbons (Fsp3) is 0.0789. The molecule has 0 radical (unpaired) electrons. The van der Waals surface area contributed by atoms with Crippen LogP contribution in [0.3, 0.4) is 0 Å². The Balaban J connectivity index is 1.38. The van der Waals surface area contributed by atoms with E-state index in [0.29, 0.717) is 22.0 Å². The molecule has 5 aromatic rings. The minimum absolute atomic E-state index is 0.0811. The van der Waals surface area contributed by atoms with Gasteiger partial charge in [0.15, 0.2) is 0 Å². The molecule has 1 atom stereocenters. The number of carbonyl (C=O) groups excluding carboxylic acids is 3. The van der Waals surface area contributed by atoms with E-state index in [1.165, 1.54) is 11.8 Å². The third-order valence-electron chi connectivity index (χ3n) is 7.03. The lowest BCUT2D eigenvalue weighted by Crippen LogP contribution is -2.30. The first-order chi connectivity index (χ1) is 22.7. The number of hydrogen-bond donors (Lipinski definition) is 3. The number of nitrogens with one attached hydrogen (secondary N) is 3. The highest BCUT2D eigenvalue weighted by Gasteiger charge is 2.23. The van der Waals surface area contributed by atoms with E-state index in [4.69, 9.17) is 11.6 Å². The van der Waals surface area contributed by atoms with E-state index in [1.807, 2.05) is 85.7 Å². The van der Waals surface area contributed by atoms with E-state index in [2.05, 4.69) is 16.0 Å². The Kier molecular flexibility index (Phi) is 11.1. The Morgan fingerprint density at radius 3 is 2.02 bits per heavy atom. The lowest BCUT2D eigenvalue weighted by atomic mass is 10.1. The highest BCUT2D eigenvalue weighted by molar-refractivity contribution is 8.00. The van der Waals surface area contributed by atoms with Crippen molar-refractivity contribution in [3.05, 3.63) is 161 Å². The number of amides is 3. The summed E-state index contributed by atoms with van der Waals surface area (Å²) in [4.78, 5) is 43.0. The van der Waals surface area contributed by atoms with E-state index in [1.54, 1.807) is 72.8 Å². The fourth-order valence-electron chi connectivity index (χ4n) is 4.63. The van der Waals surface area contributed by atoms with Crippen molar-refractivity contribution in [2.75, 3.05) is 29.6 Å². The molecule has 7 nitrogen and oxygen atoms in total. The summed E-state index contributed by atoms with van der Waals surface area (Å²) in [5.41, 5.74) is 4.18.